The van der Waals surface area contributed by atoms with Crippen LogP contribution in [-0.2, 0) is 6.42 Å². The molecular weight excluding hydrogens is 240 g/mol. The topological polar surface area (TPSA) is 39.4 Å². The minimum Gasteiger partial charge on any atom is -0.496 e. The lowest BCUT2D eigenvalue weighted by atomic mass is 10.0. The van der Waals surface area contributed by atoms with E-state index in [0.717, 1.165) is 29.5 Å². The van der Waals surface area contributed by atoms with Crippen molar-refractivity contribution in [2.24, 2.45) is 0 Å². The second-order valence-electron chi connectivity index (χ2n) is 4.74. The molecule has 1 heterocycles. The van der Waals surface area contributed by atoms with E-state index in [1.54, 1.807) is 13.2 Å². The molecule has 0 saturated heterocycles. The first kappa shape index (κ1) is 13.4. The lowest BCUT2D eigenvalue weighted by Gasteiger charge is -2.09. The van der Waals surface area contributed by atoms with Gasteiger partial charge in [-0.05, 0) is 44.9 Å². The number of hydrogen-bond acceptors (Lipinski definition) is 3. The van der Waals surface area contributed by atoms with Crippen LogP contribution >= 0.6 is 0 Å². The molecule has 0 amide bonds. The minimum atomic E-state index is -0.329. The van der Waals surface area contributed by atoms with Crippen LogP contribution in [0.5, 0.6) is 5.75 Å². The summed E-state index contributed by atoms with van der Waals surface area (Å²) < 4.78 is 10.7. The van der Waals surface area contributed by atoms with Crippen LogP contribution in [-0.4, -0.2) is 7.11 Å². The molecule has 1 aromatic carbocycles. The van der Waals surface area contributed by atoms with E-state index in [-0.39, 0.29) is 5.63 Å². The molecule has 2 rings (SSSR count). The standard InChI is InChI=1S/C16H18O3/c1-11(2)5-4-6-13-14(18-3)9-7-12-8-10-15(17)19-16(12)13/h5,7-10H,4,6H2,1-3H3. The Hall–Kier alpha value is -2.03. The van der Waals surface area contributed by atoms with Crippen LogP contribution in [0.3, 0.4) is 0 Å². The Morgan fingerprint density at radius 2 is 2.00 bits per heavy atom. The lowest BCUT2D eigenvalue weighted by molar-refractivity contribution is 0.408. The van der Waals surface area contributed by atoms with Gasteiger partial charge in [0, 0.05) is 17.0 Å². The normalized spacial score (nSPS) is 10.5. The van der Waals surface area contributed by atoms with E-state index >= 15 is 0 Å². The number of benzene rings is 1. The molecule has 3 nitrogen and oxygen atoms in total. The third-order valence-corrected chi connectivity index (χ3v) is 3.02. The Kier molecular flexibility index (Phi) is 4.05. The fourth-order valence-electron chi connectivity index (χ4n) is 2.11. The van der Waals surface area contributed by atoms with E-state index < -0.39 is 0 Å². The van der Waals surface area contributed by atoms with Crippen molar-refractivity contribution in [3.8, 4) is 5.75 Å². The summed E-state index contributed by atoms with van der Waals surface area (Å²) in [5, 5.41) is 0.924. The van der Waals surface area contributed by atoms with Gasteiger partial charge in [-0.25, -0.2) is 4.79 Å². The predicted octanol–water partition coefficient (Wildman–Crippen LogP) is 3.70. The van der Waals surface area contributed by atoms with E-state index in [1.807, 2.05) is 12.1 Å². The summed E-state index contributed by atoms with van der Waals surface area (Å²) in [7, 11) is 1.63. The Morgan fingerprint density at radius 3 is 2.68 bits per heavy atom. The quantitative estimate of drug-likeness (QED) is 0.620. The molecule has 0 atom stereocenters. The third kappa shape index (κ3) is 3.05. The van der Waals surface area contributed by atoms with Crippen molar-refractivity contribution in [2.45, 2.75) is 26.7 Å². The van der Waals surface area contributed by atoms with Crippen LogP contribution in [0.1, 0.15) is 25.8 Å². The number of aryl methyl sites for hydroxylation is 1. The number of ether oxygens (including phenoxy) is 1. The van der Waals surface area contributed by atoms with Gasteiger partial charge in [-0.1, -0.05) is 11.6 Å². The molecule has 100 valence electrons. The number of methoxy groups -OCH3 is 1. The fourth-order valence-corrected chi connectivity index (χ4v) is 2.11. The molecule has 0 N–H and O–H groups in total. The minimum absolute atomic E-state index is 0.329. The molecule has 0 spiro atoms. The molecule has 19 heavy (non-hydrogen) atoms. The third-order valence-electron chi connectivity index (χ3n) is 3.02. The summed E-state index contributed by atoms with van der Waals surface area (Å²) in [6, 6.07) is 7.04. The van der Waals surface area contributed by atoms with Gasteiger partial charge in [0.05, 0.1) is 7.11 Å². The summed E-state index contributed by atoms with van der Waals surface area (Å²) in [4.78, 5) is 11.4. The first-order chi connectivity index (χ1) is 9.11. The average molecular weight is 258 g/mol. The van der Waals surface area contributed by atoms with Crippen molar-refractivity contribution in [1.82, 2.24) is 0 Å². The van der Waals surface area contributed by atoms with Gasteiger partial charge in [0.1, 0.15) is 11.3 Å². The van der Waals surface area contributed by atoms with Crippen molar-refractivity contribution in [3.63, 3.8) is 0 Å². The number of allylic oxidation sites excluding steroid dienone is 2. The van der Waals surface area contributed by atoms with Crippen LogP contribution in [0.4, 0.5) is 0 Å². The van der Waals surface area contributed by atoms with Crippen LogP contribution < -0.4 is 10.4 Å². The first-order valence-corrected chi connectivity index (χ1v) is 6.35. The highest BCUT2D eigenvalue weighted by atomic mass is 16.5. The van der Waals surface area contributed by atoms with Crippen LogP contribution in [0, 0.1) is 0 Å². The summed E-state index contributed by atoms with van der Waals surface area (Å²) in [5.74, 6) is 0.768. The van der Waals surface area contributed by atoms with Crippen molar-refractivity contribution in [3.05, 3.63) is 51.9 Å². The van der Waals surface area contributed by atoms with Gasteiger partial charge in [0.2, 0.25) is 0 Å². The van der Waals surface area contributed by atoms with Crippen molar-refractivity contribution < 1.29 is 9.15 Å². The highest BCUT2D eigenvalue weighted by Crippen LogP contribution is 2.28. The molecular formula is C16H18O3. The SMILES string of the molecule is COc1ccc2ccc(=O)oc2c1CCC=C(C)C. The molecule has 0 bridgehead atoms. The number of fused-ring (bicyclic) bond motifs is 1. The second kappa shape index (κ2) is 5.74. The second-order valence-corrected chi connectivity index (χ2v) is 4.74. The molecule has 0 fully saturated rings. The summed E-state index contributed by atoms with van der Waals surface area (Å²) in [6.07, 6.45) is 3.86. The van der Waals surface area contributed by atoms with Crippen molar-refractivity contribution in [1.29, 1.82) is 0 Å². The van der Waals surface area contributed by atoms with Crippen LogP contribution in [0.25, 0.3) is 11.0 Å². The first-order valence-electron chi connectivity index (χ1n) is 6.35. The van der Waals surface area contributed by atoms with E-state index in [0.29, 0.717) is 5.58 Å². The smallest absolute Gasteiger partial charge is 0.336 e. The summed E-state index contributed by atoms with van der Waals surface area (Å²) in [6.45, 7) is 4.14. The predicted molar refractivity (Wildman–Crippen MR) is 76.8 cm³/mol. The maximum absolute atomic E-state index is 11.4. The van der Waals surface area contributed by atoms with E-state index in [1.165, 1.54) is 11.6 Å². The Bertz CT molecular complexity index is 661. The van der Waals surface area contributed by atoms with E-state index in [9.17, 15) is 4.79 Å². The largest absolute Gasteiger partial charge is 0.496 e. The van der Waals surface area contributed by atoms with E-state index in [4.69, 9.17) is 9.15 Å². The highest BCUT2D eigenvalue weighted by Gasteiger charge is 2.10. The summed E-state index contributed by atoms with van der Waals surface area (Å²) in [5.41, 5.74) is 2.54. The van der Waals surface area contributed by atoms with Crippen molar-refractivity contribution in [2.75, 3.05) is 7.11 Å². The van der Waals surface area contributed by atoms with Crippen LogP contribution in [0.15, 0.2) is 45.1 Å². The van der Waals surface area contributed by atoms with Gasteiger partial charge in [-0.2, -0.15) is 0 Å². The van der Waals surface area contributed by atoms with E-state index in [2.05, 4.69) is 19.9 Å². The van der Waals surface area contributed by atoms with Crippen LogP contribution in [0.2, 0.25) is 0 Å². The zero-order chi connectivity index (χ0) is 13.8. The molecule has 0 aliphatic carbocycles. The van der Waals surface area contributed by atoms with Gasteiger partial charge in [-0.15, -0.1) is 0 Å². The molecule has 0 unspecified atom stereocenters. The lowest BCUT2D eigenvalue weighted by Crippen LogP contribution is -1.99. The van der Waals surface area contributed by atoms with Gasteiger partial charge < -0.3 is 9.15 Å². The Labute approximate surface area is 112 Å². The van der Waals surface area contributed by atoms with Gasteiger partial charge >= 0.3 is 5.63 Å². The Morgan fingerprint density at radius 1 is 1.26 bits per heavy atom. The average Bonchev–Trinajstić information content (AvgIpc) is 2.38. The number of hydrogen-bond donors (Lipinski definition) is 0. The van der Waals surface area contributed by atoms with Crippen molar-refractivity contribution >= 4 is 11.0 Å². The Balaban J connectivity index is 2.50. The molecule has 0 aliphatic heterocycles. The molecule has 0 saturated carbocycles. The fraction of sp³-hybridized carbons (Fsp3) is 0.312. The monoisotopic (exact) mass is 258 g/mol. The zero-order valence-corrected chi connectivity index (χ0v) is 11.5. The maximum atomic E-state index is 11.4. The number of rotatable bonds is 4. The van der Waals surface area contributed by atoms with Gasteiger partial charge in [0.25, 0.3) is 0 Å². The van der Waals surface area contributed by atoms with Gasteiger partial charge in [-0.3, -0.25) is 0 Å². The molecule has 2 aromatic rings. The molecule has 1 aromatic heterocycles. The van der Waals surface area contributed by atoms with Gasteiger partial charge in [0.15, 0.2) is 0 Å². The summed E-state index contributed by atoms with van der Waals surface area (Å²) >= 11 is 0. The molecule has 3 heteroatoms. The zero-order valence-electron chi connectivity index (χ0n) is 11.5. The highest BCUT2D eigenvalue weighted by molar-refractivity contribution is 5.82. The molecule has 0 radical (unpaired) electrons. The maximum Gasteiger partial charge on any atom is 0.336 e. The molecule has 0 aliphatic rings.